The van der Waals surface area contributed by atoms with Crippen LogP contribution in [0.5, 0.6) is 0 Å². The van der Waals surface area contributed by atoms with E-state index in [0.717, 1.165) is 19.0 Å². The summed E-state index contributed by atoms with van der Waals surface area (Å²) in [4.78, 5) is 2.10. The molecule has 0 amide bonds. The summed E-state index contributed by atoms with van der Waals surface area (Å²) in [6.45, 7) is 1.58. The van der Waals surface area contributed by atoms with Crippen LogP contribution in [0.3, 0.4) is 0 Å². The van der Waals surface area contributed by atoms with E-state index in [-0.39, 0.29) is 11.0 Å². The van der Waals surface area contributed by atoms with Crippen molar-refractivity contribution in [3.63, 3.8) is 0 Å². The highest BCUT2D eigenvalue weighted by molar-refractivity contribution is 6.60. The second-order valence-corrected chi connectivity index (χ2v) is 6.49. The largest absolute Gasteiger partial charge is 0.500 e. The molecule has 0 saturated heterocycles. The van der Waals surface area contributed by atoms with Crippen LogP contribution < -0.4 is 0 Å². The number of ether oxygens (including phenoxy) is 1. The molecular weight excluding hydrogens is 242 g/mol. The van der Waals surface area contributed by atoms with E-state index < -0.39 is 8.80 Å². The van der Waals surface area contributed by atoms with Crippen LogP contribution in [0, 0.1) is 0 Å². The minimum Gasteiger partial charge on any atom is -0.377 e. The Morgan fingerprint density at radius 2 is 1.50 bits per heavy atom. The van der Waals surface area contributed by atoms with Crippen LogP contribution in [0.15, 0.2) is 0 Å². The van der Waals surface area contributed by atoms with Gasteiger partial charge in [-0.25, -0.2) is 0 Å². The summed E-state index contributed by atoms with van der Waals surface area (Å²) in [6.07, 6.45) is 0.974. The Hall–Kier alpha value is 0.234. The Morgan fingerprint density at radius 3 is 1.88 bits per heavy atom. The lowest BCUT2D eigenvalue weighted by molar-refractivity contribution is 0.0790. The zero-order valence-corrected chi connectivity index (χ0v) is 11.4. The summed E-state index contributed by atoms with van der Waals surface area (Å²) in [6, 6.07) is 0.824. The number of methoxy groups -OCH3 is 1. The molecule has 0 bridgehead atoms. The Morgan fingerprint density at radius 1 is 1.00 bits per heavy atom. The quantitative estimate of drug-likeness (QED) is 0.410. The van der Waals surface area contributed by atoms with Gasteiger partial charge in [0, 0.05) is 34.5 Å². The third kappa shape index (κ3) is 6.74. The third-order valence-corrected chi connectivity index (χ3v) is 5.14. The van der Waals surface area contributed by atoms with E-state index in [0.29, 0.717) is 6.73 Å². The van der Waals surface area contributed by atoms with Crippen molar-refractivity contribution < 1.29 is 18.0 Å². The normalized spacial score (nSPS) is 11.6. The van der Waals surface area contributed by atoms with Crippen molar-refractivity contribution in [2.24, 2.45) is 0 Å². The van der Waals surface area contributed by atoms with Crippen molar-refractivity contribution in [3.05, 3.63) is 0 Å². The highest BCUT2D eigenvalue weighted by atomic mass is 28.4. The van der Waals surface area contributed by atoms with Gasteiger partial charge in [-0.2, -0.15) is 0 Å². The van der Waals surface area contributed by atoms with E-state index >= 15 is 0 Å². The van der Waals surface area contributed by atoms with Gasteiger partial charge in [0.15, 0.2) is 0 Å². The molecular formula is C9H27NO4Si2. The SMILES string of the molecule is COCN(C)CCC[Si](OC)(OC)OC.[SiH4]. The average Bonchev–Trinajstić information content (AvgIpc) is 2.25. The maximum Gasteiger partial charge on any atom is 0.500 e. The molecule has 5 nitrogen and oxygen atoms in total. The average molecular weight is 269 g/mol. The molecule has 7 heteroatoms. The maximum absolute atomic E-state index is 5.32. The minimum absolute atomic E-state index is 0. The first kappa shape index (κ1) is 18.6. The van der Waals surface area contributed by atoms with E-state index in [1.807, 2.05) is 7.05 Å². The second kappa shape index (κ2) is 10.4. The molecule has 0 unspecified atom stereocenters. The van der Waals surface area contributed by atoms with Gasteiger partial charge in [0.2, 0.25) is 0 Å². The predicted octanol–water partition coefficient (Wildman–Crippen LogP) is -0.661. The second-order valence-electron chi connectivity index (χ2n) is 3.40. The number of hydrogen-bond donors (Lipinski definition) is 0. The summed E-state index contributed by atoms with van der Waals surface area (Å²) in [5.74, 6) is 0. The lowest BCUT2D eigenvalue weighted by Crippen LogP contribution is -2.43. The van der Waals surface area contributed by atoms with E-state index in [9.17, 15) is 0 Å². The molecule has 0 heterocycles. The molecule has 0 N–H and O–H groups in total. The van der Waals surface area contributed by atoms with Crippen LogP contribution in [0.4, 0.5) is 0 Å². The van der Waals surface area contributed by atoms with Gasteiger partial charge in [-0.15, -0.1) is 0 Å². The van der Waals surface area contributed by atoms with Crippen molar-refractivity contribution >= 4 is 19.8 Å². The van der Waals surface area contributed by atoms with Crippen LogP contribution >= 0.6 is 0 Å². The fraction of sp³-hybridized carbons (Fsp3) is 1.00. The zero-order valence-electron chi connectivity index (χ0n) is 10.4. The van der Waals surface area contributed by atoms with E-state index in [4.69, 9.17) is 18.0 Å². The summed E-state index contributed by atoms with van der Waals surface area (Å²) in [5.41, 5.74) is 0. The van der Waals surface area contributed by atoms with Crippen molar-refractivity contribution in [1.29, 1.82) is 0 Å². The predicted molar refractivity (Wildman–Crippen MR) is 72.0 cm³/mol. The lowest BCUT2D eigenvalue weighted by Gasteiger charge is -2.25. The monoisotopic (exact) mass is 269 g/mol. The lowest BCUT2D eigenvalue weighted by atomic mass is 10.4. The fourth-order valence-electron chi connectivity index (χ4n) is 1.41. The summed E-state index contributed by atoms with van der Waals surface area (Å²) < 4.78 is 21.0. The Balaban J connectivity index is 0. The molecule has 0 aromatic rings. The first-order chi connectivity index (χ1) is 7.14. The highest BCUT2D eigenvalue weighted by Crippen LogP contribution is 2.14. The molecule has 0 atom stereocenters. The Kier molecular flexibility index (Phi) is 12.1. The topological polar surface area (TPSA) is 40.2 Å². The molecule has 0 spiro atoms. The minimum atomic E-state index is -2.37. The first-order valence-electron chi connectivity index (χ1n) is 4.97. The Bertz CT molecular complexity index is 150. The van der Waals surface area contributed by atoms with Crippen LogP contribution in [0.25, 0.3) is 0 Å². The van der Waals surface area contributed by atoms with Gasteiger partial charge in [-0.05, 0) is 31.0 Å². The third-order valence-electron chi connectivity index (χ3n) is 2.31. The summed E-state index contributed by atoms with van der Waals surface area (Å²) in [5, 5.41) is 0. The molecule has 0 rings (SSSR count). The molecule has 0 aliphatic carbocycles. The van der Waals surface area contributed by atoms with Gasteiger partial charge < -0.3 is 18.0 Å². The number of nitrogens with zero attached hydrogens (tertiary/aromatic N) is 1. The molecule has 0 radical (unpaired) electrons. The smallest absolute Gasteiger partial charge is 0.377 e. The van der Waals surface area contributed by atoms with Crippen LogP contribution in [0.2, 0.25) is 6.04 Å². The van der Waals surface area contributed by atoms with Gasteiger partial charge in [0.25, 0.3) is 0 Å². The molecule has 0 fully saturated rings. The van der Waals surface area contributed by atoms with E-state index in [2.05, 4.69) is 4.90 Å². The molecule has 100 valence electrons. The molecule has 0 saturated carbocycles. The van der Waals surface area contributed by atoms with E-state index in [1.54, 1.807) is 28.4 Å². The molecule has 0 aliphatic heterocycles. The van der Waals surface area contributed by atoms with Crippen molar-refractivity contribution in [3.8, 4) is 0 Å². The standard InChI is InChI=1S/C9H23NO4Si.H4Si/c1-10(9-11-2)7-6-8-15(12-3,13-4)14-5;/h6-9H2,1-5H3;1H4. The maximum atomic E-state index is 5.32. The van der Waals surface area contributed by atoms with E-state index in [1.165, 1.54) is 0 Å². The van der Waals surface area contributed by atoms with Crippen molar-refractivity contribution in [2.75, 3.05) is 48.8 Å². The first-order valence-corrected chi connectivity index (χ1v) is 6.90. The number of hydrogen-bond acceptors (Lipinski definition) is 5. The Labute approximate surface area is 104 Å². The van der Waals surface area contributed by atoms with Gasteiger partial charge in [0.1, 0.15) is 0 Å². The van der Waals surface area contributed by atoms with Gasteiger partial charge >= 0.3 is 8.80 Å². The molecule has 16 heavy (non-hydrogen) atoms. The summed E-state index contributed by atoms with van der Waals surface area (Å²) in [7, 11) is 6.24. The van der Waals surface area contributed by atoms with Crippen LogP contribution in [0.1, 0.15) is 6.42 Å². The molecule has 0 aliphatic rings. The highest BCUT2D eigenvalue weighted by Gasteiger charge is 2.36. The van der Waals surface area contributed by atoms with Crippen molar-refractivity contribution in [2.45, 2.75) is 12.5 Å². The zero-order chi connectivity index (χ0) is 11.7. The number of rotatable bonds is 9. The van der Waals surface area contributed by atoms with Gasteiger partial charge in [0.05, 0.1) is 6.73 Å². The van der Waals surface area contributed by atoms with Gasteiger partial charge in [-0.1, -0.05) is 0 Å². The van der Waals surface area contributed by atoms with Crippen LogP contribution in [-0.2, 0) is 18.0 Å². The molecule has 0 aromatic heterocycles. The van der Waals surface area contributed by atoms with Crippen molar-refractivity contribution in [1.82, 2.24) is 4.90 Å². The molecule has 0 aromatic carbocycles. The van der Waals surface area contributed by atoms with Gasteiger partial charge in [-0.3, -0.25) is 4.90 Å². The fourth-order valence-corrected chi connectivity index (χ4v) is 3.11. The summed E-state index contributed by atoms with van der Waals surface area (Å²) >= 11 is 0. The van der Waals surface area contributed by atoms with Crippen LogP contribution in [-0.4, -0.2) is 73.4 Å².